The quantitative estimate of drug-likeness (QED) is 0.420. The number of halogens is 1. The molecule has 148 valence electrons. The summed E-state index contributed by atoms with van der Waals surface area (Å²) in [6.45, 7) is 0. The average molecular weight is 464 g/mol. The minimum atomic E-state index is -3.32. The van der Waals surface area contributed by atoms with Gasteiger partial charge in [0.2, 0.25) is 10.0 Å². The van der Waals surface area contributed by atoms with Crippen molar-refractivity contribution >= 4 is 71.1 Å². The minimum Gasteiger partial charge on any atom is -0.297 e. The van der Waals surface area contributed by atoms with Crippen LogP contribution in [0.4, 0.5) is 10.8 Å². The van der Waals surface area contributed by atoms with E-state index in [4.69, 9.17) is 11.6 Å². The summed E-state index contributed by atoms with van der Waals surface area (Å²) in [5.74, 6) is -0.301. The highest BCUT2D eigenvalue weighted by Crippen LogP contribution is 2.36. The Morgan fingerprint density at radius 2 is 1.83 bits per heavy atom. The summed E-state index contributed by atoms with van der Waals surface area (Å²) in [5, 5.41) is 6.36. The van der Waals surface area contributed by atoms with Crippen molar-refractivity contribution in [3.63, 3.8) is 0 Å². The molecular weight excluding hydrogens is 450 g/mol. The monoisotopic (exact) mass is 463 g/mol. The van der Waals surface area contributed by atoms with E-state index in [2.05, 4.69) is 15.0 Å². The Morgan fingerprint density at radius 3 is 2.52 bits per heavy atom. The molecule has 0 spiro atoms. The maximum Gasteiger partial charge on any atom is 0.269 e. The predicted molar refractivity (Wildman–Crippen MR) is 121 cm³/mol. The first-order valence-electron chi connectivity index (χ1n) is 8.32. The lowest BCUT2D eigenvalue weighted by molar-refractivity contribution is 0.103. The van der Waals surface area contributed by atoms with Crippen molar-refractivity contribution in [1.29, 1.82) is 0 Å². The van der Waals surface area contributed by atoms with Crippen LogP contribution in [0, 0.1) is 0 Å². The number of thiophene rings is 1. The van der Waals surface area contributed by atoms with Gasteiger partial charge < -0.3 is 0 Å². The van der Waals surface area contributed by atoms with E-state index in [0.717, 1.165) is 21.9 Å². The Kier molecular flexibility index (Phi) is 5.30. The molecule has 0 aliphatic rings. The van der Waals surface area contributed by atoms with Gasteiger partial charge in [0.15, 0.2) is 5.13 Å². The van der Waals surface area contributed by atoms with E-state index in [9.17, 15) is 13.2 Å². The fourth-order valence-electron chi connectivity index (χ4n) is 2.70. The summed E-state index contributed by atoms with van der Waals surface area (Å²) < 4.78 is 25.9. The summed E-state index contributed by atoms with van der Waals surface area (Å²) in [4.78, 5) is 17.5. The van der Waals surface area contributed by atoms with Gasteiger partial charge in [-0.3, -0.25) is 14.8 Å². The summed E-state index contributed by atoms with van der Waals surface area (Å²) in [5.41, 5.74) is 1.96. The molecule has 0 fully saturated rings. The summed E-state index contributed by atoms with van der Waals surface area (Å²) in [6.07, 6.45) is 1.10. The number of carbonyl (C=O) groups is 1. The molecule has 10 heteroatoms. The van der Waals surface area contributed by atoms with Gasteiger partial charge in [0.05, 0.1) is 17.0 Å². The molecule has 0 atom stereocenters. The van der Waals surface area contributed by atoms with Crippen LogP contribution in [0.25, 0.3) is 21.3 Å². The maximum atomic E-state index is 12.6. The van der Waals surface area contributed by atoms with Crippen LogP contribution >= 0.6 is 34.3 Å². The third-order valence-electron chi connectivity index (χ3n) is 3.95. The third kappa shape index (κ3) is 4.43. The second-order valence-electron chi connectivity index (χ2n) is 6.18. The van der Waals surface area contributed by atoms with Crippen LogP contribution in [0.1, 0.15) is 9.67 Å². The number of hydrogen-bond donors (Lipinski definition) is 2. The summed E-state index contributed by atoms with van der Waals surface area (Å²) >= 11 is 9.00. The molecule has 2 N–H and O–H groups in total. The van der Waals surface area contributed by atoms with Crippen LogP contribution in [0.2, 0.25) is 5.02 Å². The number of nitrogens with one attached hydrogen (secondary N) is 2. The fraction of sp³-hybridized carbons (Fsp3) is 0.0526. The maximum absolute atomic E-state index is 12.6. The minimum absolute atomic E-state index is 0.301. The van der Waals surface area contributed by atoms with Gasteiger partial charge in [0.25, 0.3) is 5.91 Å². The number of carbonyl (C=O) groups excluding carboxylic acids is 1. The lowest BCUT2D eigenvalue weighted by atomic mass is 10.1. The van der Waals surface area contributed by atoms with E-state index in [0.29, 0.717) is 26.4 Å². The topological polar surface area (TPSA) is 88.2 Å². The first-order valence-corrected chi connectivity index (χ1v) is 12.3. The number of benzene rings is 2. The summed E-state index contributed by atoms with van der Waals surface area (Å²) in [7, 11) is -3.32. The summed E-state index contributed by atoms with van der Waals surface area (Å²) in [6, 6.07) is 14.4. The van der Waals surface area contributed by atoms with Crippen molar-refractivity contribution in [2.24, 2.45) is 0 Å². The van der Waals surface area contributed by atoms with E-state index in [1.807, 2.05) is 29.6 Å². The highest BCUT2D eigenvalue weighted by Gasteiger charge is 2.18. The van der Waals surface area contributed by atoms with Crippen LogP contribution in [0.15, 0.2) is 53.9 Å². The molecule has 4 aromatic rings. The number of nitrogens with zero attached hydrogens (tertiary/aromatic N) is 1. The van der Waals surface area contributed by atoms with Crippen LogP contribution in [0.3, 0.4) is 0 Å². The highest BCUT2D eigenvalue weighted by molar-refractivity contribution is 7.92. The largest absolute Gasteiger partial charge is 0.297 e. The molecule has 0 bridgehead atoms. The molecule has 2 heterocycles. The Bertz CT molecular complexity index is 1310. The second kappa shape index (κ2) is 7.75. The van der Waals surface area contributed by atoms with E-state index < -0.39 is 10.0 Å². The van der Waals surface area contributed by atoms with Gasteiger partial charge in [-0.1, -0.05) is 41.9 Å². The molecule has 29 heavy (non-hydrogen) atoms. The molecule has 0 saturated carbocycles. The van der Waals surface area contributed by atoms with E-state index in [1.165, 1.54) is 22.7 Å². The van der Waals surface area contributed by atoms with Crippen molar-refractivity contribution in [3.8, 4) is 11.3 Å². The Morgan fingerprint density at radius 1 is 1.10 bits per heavy atom. The van der Waals surface area contributed by atoms with Crippen molar-refractivity contribution in [3.05, 3.63) is 63.8 Å². The Balaban J connectivity index is 1.51. The zero-order valence-corrected chi connectivity index (χ0v) is 18.2. The molecular formula is C19H14ClN3O3S3. The Labute approximate surface area is 180 Å². The van der Waals surface area contributed by atoms with Crippen molar-refractivity contribution in [1.82, 2.24) is 4.98 Å². The third-order valence-corrected chi connectivity index (χ3v) is 6.99. The van der Waals surface area contributed by atoms with Crippen molar-refractivity contribution in [2.75, 3.05) is 16.3 Å². The molecule has 6 nitrogen and oxygen atoms in total. The van der Waals surface area contributed by atoms with Crippen molar-refractivity contribution in [2.45, 2.75) is 0 Å². The first kappa shape index (κ1) is 19.8. The van der Waals surface area contributed by atoms with Gasteiger partial charge in [-0.2, -0.15) is 0 Å². The lowest BCUT2D eigenvalue weighted by Crippen LogP contribution is -2.10. The van der Waals surface area contributed by atoms with Gasteiger partial charge in [0, 0.05) is 26.7 Å². The van der Waals surface area contributed by atoms with Crippen molar-refractivity contribution < 1.29 is 13.2 Å². The van der Waals surface area contributed by atoms with Gasteiger partial charge >= 0.3 is 0 Å². The van der Waals surface area contributed by atoms with Gasteiger partial charge in [-0.05, 0) is 18.2 Å². The normalized spacial score (nSPS) is 11.5. The molecule has 0 aliphatic carbocycles. The molecule has 1 amide bonds. The van der Waals surface area contributed by atoms with Gasteiger partial charge in [-0.15, -0.1) is 22.7 Å². The number of sulfonamides is 1. The first-order chi connectivity index (χ1) is 13.8. The van der Waals surface area contributed by atoms with Crippen LogP contribution in [0.5, 0.6) is 0 Å². The number of anilines is 2. The van der Waals surface area contributed by atoms with E-state index in [1.54, 1.807) is 24.3 Å². The second-order valence-corrected chi connectivity index (χ2v) is 10.2. The van der Waals surface area contributed by atoms with E-state index in [-0.39, 0.29) is 5.91 Å². The molecule has 0 unspecified atom stereocenters. The number of fused-ring (bicyclic) bond motifs is 1. The molecule has 0 aliphatic heterocycles. The average Bonchev–Trinajstić information content (AvgIpc) is 3.26. The molecule has 2 aromatic carbocycles. The van der Waals surface area contributed by atoms with Crippen LogP contribution in [-0.4, -0.2) is 25.6 Å². The zero-order chi connectivity index (χ0) is 20.6. The number of thiazole rings is 1. The number of aromatic nitrogens is 1. The SMILES string of the molecule is CS(=O)(=O)Nc1ccc(-c2csc(NC(=O)c3sc4ccccc4c3Cl)n2)cc1. The smallest absolute Gasteiger partial charge is 0.269 e. The number of rotatable bonds is 5. The highest BCUT2D eigenvalue weighted by atomic mass is 35.5. The number of amides is 1. The van der Waals surface area contributed by atoms with Crippen LogP contribution < -0.4 is 10.0 Å². The van der Waals surface area contributed by atoms with Gasteiger partial charge in [0.1, 0.15) is 4.88 Å². The molecule has 0 radical (unpaired) electrons. The predicted octanol–water partition coefficient (Wildman–Crippen LogP) is 5.30. The fourth-order valence-corrected chi connectivity index (χ4v) is 5.39. The van der Waals surface area contributed by atoms with Crippen LogP contribution in [-0.2, 0) is 10.0 Å². The number of hydrogen-bond acceptors (Lipinski definition) is 6. The van der Waals surface area contributed by atoms with Gasteiger partial charge in [-0.25, -0.2) is 13.4 Å². The zero-order valence-electron chi connectivity index (χ0n) is 15.0. The molecule has 0 saturated heterocycles. The lowest BCUT2D eigenvalue weighted by Gasteiger charge is -2.04. The standard InChI is InChI=1S/C19H14ClN3O3S3/c1-29(25,26)23-12-8-6-11(7-9-12)14-10-27-19(21-14)22-18(24)17-16(20)13-4-2-3-5-15(13)28-17/h2-10,23H,1H3,(H,21,22,24). The molecule has 4 rings (SSSR count). The molecule has 2 aromatic heterocycles. The Hall–Kier alpha value is -2.46. The van der Waals surface area contributed by atoms with E-state index >= 15 is 0 Å².